The number of anilines is 2. The first-order chi connectivity index (χ1) is 14.1. The summed E-state index contributed by atoms with van der Waals surface area (Å²) < 4.78 is 6.76. The van der Waals surface area contributed by atoms with Crippen molar-refractivity contribution in [2.24, 2.45) is 11.3 Å². The van der Waals surface area contributed by atoms with E-state index in [4.69, 9.17) is 16.3 Å². The van der Waals surface area contributed by atoms with Gasteiger partial charge in [-0.25, -0.2) is 0 Å². The highest BCUT2D eigenvalue weighted by molar-refractivity contribution is 9.10. The van der Waals surface area contributed by atoms with Gasteiger partial charge < -0.3 is 15.0 Å². The minimum Gasteiger partial charge on any atom is -0.490 e. The summed E-state index contributed by atoms with van der Waals surface area (Å²) in [5.74, 6) is 0.778. The molecule has 1 N–H and O–H groups in total. The first-order valence-electron chi connectivity index (χ1n) is 9.94. The summed E-state index contributed by atoms with van der Waals surface area (Å²) in [5, 5.41) is 3.24. The summed E-state index contributed by atoms with van der Waals surface area (Å²) in [6.07, 6.45) is 0.890. The third kappa shape index (κ3) is 4.98. The monoisotopic (exact) mass is 492 g/mol. The number of benzene rings is 2. The minimum atomic E-state index is -0.636. The summed E-state index contributed by atoms with van der Waals surface area (Å²) in [6, 6.07) is 10.5. The fourth-order valence-electron chi connectivity index (χ4n) is 3.20. The second-order valence-electron chi connectivity index (χ2n) is 8.57. The normalized spacial score (nSPS) is 15.4. The number of halogens is 2. The van der Waals surface area contributed by atoms with Crippen molar-refractivity contribution < 1.29 is 14.3 Å². The highest BCUT2D eigenvalue weighted by Gasteiger charge is 2.37. The molecule has 7 heteroatoms. The van der Waals surface area contributed by atoms with E-state index in [1.54, 1.807) is 35.2 Å². The van der Waals surface area contributed by atoms with Gasteiger partial charge in [-0.1, -0.05) is 41.4 Å². The lowest BCUT2D eigenvalue weighted by atomic mass is 9.92. The first-order valence-corrected chi connectivity index (χ1v) is 11.1. The van der Waals surface area contributed by atoms with Crippen LogP contribution in [-0.4, -0.2) is 25.0 Å². The highest BCUT2D eigenvalue weighted by Crippen LogP contribution is 2.38. The number of hydrogen-bond acceptors (Lipinski definition) is 3. The second-order valence-corrected chi connectivity index (χ2v) is 9.90. The molecule has 0 bridgehead atoms. The van der Waals surface area contributed by atoms with Crippen LogP contribution in [0.5, 0.6) is 5.75 Å². The predicted molar refractivity (Wildman–Crippen MR) is 125 cm³/mol. The van der Waals surface area contributed by atoms with Gasteiger partial charge in [0.25, 0.3) is 5.91 Å². The molecule has 0 spiro atoms. The van der Waals surface area contributed by atoms with Crippen LogP contribution in [-0.2, 0) is 4.79 Å². The largest absolute Gasteiger partial charge is 0.490 e. The first kappa shape index (κ1) is 22.6. The molecule has 0 saturated heterocycles. The van der Waals surface area contributed by atoms with E-state index < -0.39 is 5.41 Å². The Morgan fingerprint density at radius 1 is 1.27 bits per heavy atom. The van der Waals surface area contributed by atoms with Crippen LogP contribution in [0.2, 0.25) is 5.02 Å². The minimum absolute atomic E-state index is 0.0413. The van der Waals surface area contributed by atoms with Crippen LogP contribution < -0.4 is 15.0 Å². The number of ether oxygens (including phenoxy) is 1. The highest BCUT2D eigenvalue weighted by atomic mass is 79.9. The van der Waals surface area contributed by atoms with E-state index in [-0.39, 0.29) is 18.4 Å². The van der Waals surface area contributed by atoms with Crippen LogP contribution in [0.25, 0.3) is 0 Å². The Hall–Kier alpha value is -2.05. The molecule has 5 nitrogen and oxygen atoms in total. The van der Waals surface area contributed by atoms with Crippen LogP contribution >= 0.6 is 27.5 Å². The molecule has 160 valence electrons. The molecule has 0 aromatic heterocycles. The quantitative estimate of drug-likeness (QED) is 0.543. The van der Waals surface area contributed by atoms with Crippen molar-refractivity contribution in [1.82, 2.24) is 0 Å². The van der Waals surface area contributed by atoms with Crippen LogP contribution in [0.15, 0.2) is 40.9 Å². The zero-order valence-electron chi connectivity index (χ0n) is 17.6. The molecule has 1 heterocycles. The average molecular weight is 494 g/mol. The lowest BCUT2D eigenvalue weighted by Crippen LogP contribution is -2.42. The molecular formula is C23H26BrClN2O3. The molecule has 0 unspecified atom stereocenters. The van der Waals surface area contributed by atoms with Crippen molar-refractivity contribution in [1.29, 1.82) is 0 Å². The van der Waals surface area contributed by atoms with E-state index in [2.05, 4.69) is 35.1 Å². The van der Waals surface area contributed by atoms with Gasteiger partial charge in [-0.3, -0.25) is 9.59 Å². The van der Waals surface area contributed by atoms with Crippen LogP contribution in [0.4, 0.5) is 11.4 Å². The molecule has 2 aromatic carbocycles. The number of carbonyl (C=O) groups excluding carboxylic acids is 2. The molecule has 0 aliphatic carbocycles. The maximum atomic E-state index is 13.1. The number of rotatable bonds is 5. The molecule has 0 fully saturated rings. The Bertz CT molecular complexity index is 975. The van der Waals surface area contributed by atoms with E-state index >= 15 is 0 Å². The van der Waals surface area contributed by atoms with Crippen LogP contribution in [0.3, 0.4) is 0 Å². The van der Waals surface area contributed by atoms with E-state index in [1.165, 1.54) is 0 Å². The van der Waals surface area contributed by atoms with Crippen LogP contribution in [0.1, 0.15) is 44.5 Å². The third-order valence-corrected chi connectivity index (χ3v) is 5.85. The molecule has 2 aromatic rings. The van der Waals surface area contributed by atoms with Gasteiger partial charge in [-0.05, 0) is 56.5 Å². The SMILES string of the molecule is CC(C)CCN1C(=O)C(C)(C)COc2cc(NC(=O)c3cc(Br)ccc3Cl)ccc21. The summed E-state index contributed by atoms with van der Waals surface area (Å²) in [5.41, 5.74) is 1.04. The van der Waals surface area contributed by atoms with E-state index in [9.17, 15) is 9.59 Å². The predicted octanol–water partition coefficient (Wildman–Crippen LogP) is 6.15. The number of amides is 2. The van der Waals surface area contributed by atoms with Crippen molar-refractivity contribution in [3.05, 3.63) is 51.5 Å². The van der Waals surface area contributed by atoms with E-state index in [0.29, 0.717) is 34.5 Å². The summed E-state index contributed by atoms with van der Waals surface area (Å²) in [4.78, 5) is 27.6. The molecule has 1 aliphatic rings. The van der Waals surface area contributed by atoms with Gasteiger partial charge in [0.1, 0.15) is 12.4 Å². The lowest BCUT2D eigenvalue weighted by molar-refractivity contribution is -0.127. The zero-order chi connectivity index (χ0) is 22.1. The van der Waals surface area contributed by atoms with E-state index in [1.807, 2.05) is 19.9 Å². The Morgan fingerprint density at radius 3 is 2.70 bits per heavy atom. The standard InChI is InChI=1S/C23H26BrClN2O3/c1-14(2)9-10-27-19-8-6-16(12-20(19)30-13-23(3,4)22(27)29)26-21(28)17-11-15(24)5-7-18(17)25/h5-8,11-12,14H,9-10,13H2,1-4H3,(H,26,28). The molecule has 0 radical (unpaired) electrons. The van der Waals surface area contributed by atoms with Crippen molar-refractivity contribution in [2.75, 3.05) is 23.4 Å². The van der Waals surface area contributed by atoms with Gasteiger partial charge in [0, 0.05) is 22.8 Å². The number of carbonyl (C=O) groups is 2. The lowest BCUT2D eigenvalue weighted by Gasteiger charge is -2.28. The summed E-state index contributed by atoms with van der Waals surface area (Å²) in [7, 11) is 0. The van der Waals surface area contributed by atoms with Gasteiger partial charge >= 0.3 is 0 Å². The Balaban J connectivity index is 1.90. The van der Waals surface area contributed by atoms with Crippen molar-refractivity contribution in [3.63, 3.8) is 0 Å². The van der Waals surface area contributed by atoms with E-state index in [0.717, 1.165) is 16.6 Å². The van der Waals surface area contributed by atoms with Gasteiger partial charge in [0.15, 0.2) is 0 Å². The number of fused-ring (bicyclic) bond motifs is 1. The molecule has 3 rings (SSSR count). The zero-order valence-corrected chi connectivity index (χ0v) is 19.9. The molecular weight excluding hydrogens is 468 g/mol. The second kappa shape index (κ2) is 8.98. The van der Waals surface area contributed by atoms with Crippen molar-refractivity contribution in [2.45, 2.75) is 34.1 Å². The Kier molecular flexibility index (Phi) is 6.78. The van der Waals surface area contributed by atoms with Crippen LogP contribution in [0, 0.1) is 11.3 Å². The fourth-order valence-corrected chi connectivity index (χ4v) is 3.77. The Labute approximate surface area is 190 Å². The molecule has 0 atom stereocenters. The molecule has 0 saturated carbocycles. The topological polar surface area (TPSA) is 58.6 Å². The van der Waals surface area contributed by atoms with Gasteiger partial charge in [0.05, 0.1) is 21.7 Å². The number of hydrogen-bond donors (Lipinski definition) is 1. The summed E-state index contributed by atoms with van der Waals surface area (Å²) >= 11 is 9.53. The average Bonchev–Trinajstić information content (AvgIpc) is 2.77. The fraction of sp³-hybridized carbons (Fsp3) is 0.391. The maximum Gasteiger partial charge on any atom is 0.257 e. The Morgan fingerprint density at radius 2 is 2.00 bits per heavy atom. The number of nitrogens with zero attached hydrogens (tertiary/aromatic N) is 1. The number of nitrogens with one attached hydrogen (secondary N) is 1. The van der Waals surface area contributed by atoms with Crippen molar-refractivity contribution >= 4 is 50.7 Å². The third-order valence-electron chi connectivity index (χ3n) is 5.02. The maximum absolute atomic E-state index is 13.1. The summed E-state index contributed by atoms with van der Waals surface area (Å²) in [6.45, 7) is 8.94. The van der Waals surface area contributed by atoms with Gasteiger partial charge in [-0.2, -0.15) is 0 Å². The van der Waals surface area contributed by atoms with Gasteiger partial charge in [-0.15, -0.1) is 0 Å². The molecule has 2 amide bonds. The molecule has 30 heavy (non-hydrogen) atoms. The molecule has 1 aliphatic heterocycles. The van der Waals surface area contributed by atoms with Crippen molar-refractivity contribution in [3.8, 4) is 5.75 Å². The van der Waals surface area contributed by atoms with Gasteiger partial charge in [0.2, 0.25) is 5.91 Å². The smallest absolute Gasteiger partial charge is 0.257 e.